The summed E-state index contributed by atoms with van der Waals surface area (Å²) in [5, 5.41) is 0. The van der Waals surface area contributed by atoms with Crippen molar-refractivity contribution < 1.29 is 19.1 Å². The third kappa shape index (κ3) is 4.77. The average Bonchev–Trinajstić information content (AvgIpc) is 2.44. The standard InChI is InChI=1S/C16H18O4/c1-5-12(4)20-16(18)14-8-6-7-13(9-14)15(17)19-10-11(2)3/h1,6-9,11-12H,10H2,2-4H3. The Labute approximate surface area is 119 Å². The van der Waals surface area contributed by atoms with Crippen LogP contribution in [0.1, 0.15) is 41.5 Å². The van der Waals surface area contributed by atoms with Crippen molar-refractivity contribution in [3.8, 4) is 12.3 Å². The lowest BCUT2D eigenvalue weighted by Crippen LogP contribution is -2.14. The minimum atomic E-state index is -0.612. The molecule has 0 N–H and O–H groups in total. The first-order valence-corrected chi connectivity index (χ1v) is 6.38. The van der Waals surface area contributed by atoms with Gasteiger partial charge in [-0.05, 0) is 31.0 Å². The molecule has 1 aromatic carbocycles. The zero-order valence-corrected chi connectivity index (χ0v) is 11.9. The highest BCUT2D eigenvalue weighted by Gasteiger charge is 2.14. The van der Waals surface area contributed by atoms with E-state index in [2.05, 4.69) is 5.92 Å². The SMILES string of the molecule is C#CC(C)OC(=O)c1cccc(C(=O)OCC(C)C)c1. The van der Waals surface area contributed by atoms with Gasteiger partial charge in [0.1, 0.15) is 0 Å². The van der Waals surface area contributed by atoms with Gasteiger partial charge in [-0.15, -0.1) is 6.42 Å². The summed E-state index contributed by atoms with van der Waals surface area (Å²) >= 11 is 0. The summed E-state index contributed by atoms with van der Waals surface area (Å²) < 4.78 is 10.1. The van der Waals surface area contributed by atoms with Gasteiger partial charge in [-0.2, -0.15) is 0 Å². The molecule has 106 valence electrons. The van der Waals surface area contributed by atoms with Crippen LogP contribution in [0.4, 0.5) is 0 Å². The average molecular weight is 274 g/mol. The quantitative estimate of drug-likeness (QED) is 0.612. The van der Waals surface area contributed by atoms with Crippen LogP contribution in [0.2, 0.25) is 0 Å². The molecule has 0 aliphatic heterocycles. The minimum Gasteiger partial charge on any atom is -0.462 e. The van der Waals surface area contributed by atoms with Crippen molar-refractivity contribution in [2.75, 3.05) is 6.61 Å². The van der Waals surface area contributed by atoms with Gasteiger partial charge >= 0.3 is 11.9 Å². The fourth-order valence-corrected chi connectivity index (χ4v) is 1.36. The Morgan fingerprint density at radius 2 is 1.80 bits per heavy atom. The van der Waals surface area contributed by atoms with E-state index in [1.165, 1.54) is 6.07 Å². The first-order valence-electron chi connectivity index (χ1n) is 6.38. The molecule has 1 atom stereocenters. The number of rotatable bonds is 5. The van der Waals surface area contributed by atoms with Crippen molar-refractivity contribution in [1.29, 1.82) is 0 Å². The number of hydrogen-bond donors (Lipinski definition) is 0. The Balaban J connectivity index is 2.78. The van der Waals surface area contributed by atoms with Crippen LogP contribution < -0.4 is 0 Å². The lowest BCUT2D eigenvalue weighted by molar-refractivity contribution is 0.0438. The summed E-state index contributed by atoms with van der Waals surface area (Å²) in [6.07, 6.45) is 4.53. The summed E-state index contributed by atoms with van der Waals surface area (Å²) in [5.74, 6) is 1.53. The molecular weight excluding hydrogens is 256 g/mol. The zero-order chi connectivity index (χ0) is 15.1. The van der Waals surface area contributed by atoms with E-state index in [-0.39, 0.29) is 11.5 Å². The van der Waals surface area contributed by atoms with Gasteiger partial charge in [0, 0.05) is 0 Å². The normalized spacial score (nSPS) is 11.6. The van der Waals surface area contributed by atoms with Crippen LogP contribution in [0.5, 0.6) is 0 Å². The van der Waals surface area contributed by atoms with E-state index in [9.17, 15) is 9.59 Å². The predicted molar refractivity (Wildman–Crippen MR) is 75.3 cm³/mol. The first kappa shape index (κ1) is 15.8. The Hall–Kier alpha value is -2.28. The third-order valence-electron chi connectivity index (χ3n) is 2.40. The topological polar surface area (TPSA) is 52.6 Å². The van der Waals surface area contributed by atoms with Crippen LogP contribution >= 0.6 is 0 Å². The van der Waals surface area contributed by atoms with Gasteiger partial charge in [-0.1, -0.05) is 25.8 Å². The van der Waals surface area contributed by atoms with Gasteiger partial charge in [-0.3, -0.25) is 0 Å². The van der Waals surface area contributed by atoms with Gasteiger partial charge in [0.25, 0.3) is 0 Å². The fraction of sp³-hybridized carbons (Fsp3) is 0.375. The predicted octanol–water partition coefficient (Wildman–Crippen LogP) is 2.68. The van der Waals surface area contributed by atoms with Gasteiger partial charge < -0.3 is 9.47 Å². The molecule has 4 nitrogen and oxygen atoms in total. The van der Waals surface area contributed by atoms with Crippen molar-refractivity contribution in [3.05, 3.63) is 35.4 Å². The maximum atomic E-state index is 11.8. The molecule has 0 amide bonds. The van der Waals surface area contributed by atoms with E-state index in [1.807, 2.05) is 13.8 Å². The number of carbonyl (C=O) groups excluding carboxylic acids is 2. The summed E-state index contributed by atoms with van der Waals surface area (Å²) in [6.45, 7) is 5.82. The van der Waals surface area contributed by atoms with Gasteiger partial charge in [0.15, 0.2) is 6.10 Å². The molecule has 0 aliphatic rings. The molecular formula is C16H18O4. The van der Waals surface area contributed by atoms with Crippen LogP contribution in [-0.4, -0.2) is 24.6 Å². The van der Waals surface area contributed by atoms with Crippen LogP contribution in [0.25, 0.3) is 0 Å². The maximum absolute atomic E-state index is 11.8. The Morgan fingerprint density at radius 1 is 1.20 bits per heavy atom. The summed E-state index contributed by atoms with van der Waals surface area (Å²) in [4.78, 5) is 23.6. The molecule has 1 rings (SSSR count). The molecule has 0 spiro atoms. The smallest absolute Gasteiger partial charge is 0.339 e. The van der Waals surface area contributed by atoms with Gasteiger partial charge in [0.2, 0.25) is 0 Å². The molecule has 0 heterocycles. The Kier molecular flexibility index (Phi) is 5.79. The molecule has 4 heteroatoms. The largest absolute Gasteiger partial charge is 0.462 e. The molecule has 0 bridgehead atoms. The monoisotopic (exact) mass is 274 g/mol. The van der Waals surface area contributed by atoms with E-state index in [0.29, 0.717) is 12.2 Å². The molecule has 0 aromatic heterocycles. The number of benzene rings is 1. The Bertz CT molecular complexity index is 526. The lowest BCUT2D eigenvalue weighted by Gasteiger charge is -2.09. The number of hydrogen-bond acceptors (Lipinski definition) is 4. The van der Waals surface area contributed by atoms with E-state index in [1.54, 1.807) is 25.1 Å². The van der Waals surface area contributed by atoms with Gasteiger partial charge in [-0.25, -0.2) is 9.59 Å². The minimum absolute atomic E-state index is 0.253. The zero-order valence-electron chi connectivity index (χ0n) is 11.9. The number of carbonyl (C=O) groups is 2. The molecule has 1 unspecified atom stereocenters. The van der Waals surface area contributed by atoms with Crippen LogP contribution in [-0.2, 0) is 9.47 Å². The second kappa shape index (κ2) is 7.34. The molecule has 1 aromatic rings. The highest BCUT2D eigenvalue weighted by molar-refractivity contribution is 5.95. The van der Waals surface area contributed by atoms with E-state index in [4.69, 9.17) is 15.9 Å². The molecule has 0 saturated carbocycles. The van der Waals surface area contributed by atoms with Crippen molar-refractivity contribution in [1.82, 2.24) is 0 Å². The summed E-state index contributed by atoms with van der Waals surface area (Å²) in [5.41, 5.74) is 0.583. The van der Waals surface area contributed by atoms with Crippen molar-refractivity contribution >= 4 is 11.9 Å². The van der Waals surface area contributed by atoms with Crippen LogP contribution in [0.3, 0.4) is 0 Å². The first-order chi connectivity index (χ1) is 9.43. The number of esters is 2. The van der Waals surface area contributed by atoms with Crippen molar-refractivity contribution in [3.63, 3.8) is 0 Å². The maximum Gasteiger partial charge on any atom is 0.339 e. The van der Waals surface area contributed by atoms with E-state index in [0.717, 1.165) is 0 Å². The molecule has 0 saturated heterocycles. The van der Waals surface area contributed by atoms with E-state index >= 15 is 0 Å². The third-order valence-corrected chi connectivity index (χ3v) is 2.40. The molecule has 0 aliphatic carbocycles. The van der Waals surface area contributed by atoms with Crippen LogP contribution in [0.15, 0.2) is 24.3 Å². The van der Waals surface area contributed by atoms with Crippen LogP contribution in [0, 0.1) is 18.3 Å². The van der Waals surface area contributed by atoms with Gasteiger partial charge in [0.05, 0.1) is 17.7 Å². The summed E-state index contributed by atoms with van der Waals surface area (Å²) in [6, 6.07) is 6.19. The number of terminal acetylenes is 1. The molecule has 20 heavy (non-hydrogen) atoms. The summed E-state index contributed by atoms with van der Waals surface area (Å²) in [7, 11) is 0. The molecule has 0 radical (unpaired) electrons. The highest BCUT2D eigenvalue weighted by Crippen LogP contribution is 2.10. The second-order valence-electron chi connectivity index (χ2n) is 4.79. The molecule has 0 fully saturated rings. The second-order valence-corrected chi connectivity index (χ2v) is 4.79. The highest BCUT2D eigenvalue weighted by atomic mass is 16.5. The van der Waals surface area contributed by atoms with E-state index < -0.39 is 18.0 Å². The van der Waals surface area contributed by atoms with Crippen molar-refractivity contribution in [2.24, 2.45) is 5.92 Å². The fourth-order valence-electron chi connectivity index (χ4n) is 1.36. The number of ether oxygens (including phenoxy) is 2. The lowest BCUT2D eigenvalue weighted by atomic mass is 10.1. The Morgan fingerprint density at radius 3 is 2.35 bits per heavy atom. The van der Waals surface area contributed by atoms with Crippen molar-refractivity contribution in [2.45, 2.75) is 26.9 Å².